The summed E-state index contributed by atoms with van der Waals surface area (Å²) in [7, 11) is 0. The molecule has 0 amide bonds. The van der Waals surface area contributed by atoms with Crippen LogP contribution in [0.2, 0.25) is 0 Å². The van der Waals surface area contributed by atoms with Crippen LogP contribution in [0, 0.1) is 0 Å². The SMILES string of the molecule is Brc1cccc(-c2ccc3c(c2)-c2ccccc2-c2ccccc2N3c2ccccc2)c1. The monoisotopic (exact) mass is 473 g/mol. The number of para-hydroxylation sites is 2. The molecule has 32 heavy (non-hydrogen) atoms. The fraction of sp³-hybridized carbons (Fsp3) is 0. The Morgan fingerprint density at radius 1 is 0.438 bits per heavy atom. The molecule has 1 aliphatic heterocycles. The molecule has 1 heterocycles. The Hall–Kier alpha value is -3.62. The van der Waals surface area contributed by atoms with Gasteiger partial charge in [0.1, 0.15) is 0 Å². The second-order valence-corrected chi connectivity index (χ2v) is 8.89. The third kappa shape index (κ3) is 3.16. The van der Waals surface area contributed by atoms with Crippen molar-refractivity contribution in [2.75, 3.05) is 4.90 Å². The van der Waals surface area contributed by atoms with Crippen LogP contribution >= 0.6 is 15.9 Å². The maximum atomic E-state index is 3.62. The summed E-state index contributed by atoms with van der Waals surface area (Å²) in [5.41, 5.74) is 10.9. The van der Waals surface area contributed by atoms with Crippen molar-refractivity contribution in [2.24, 2.45) is 0 Å². The summed E-state index contributed by atoms with van der Waals surface area (Å²) < 4.78 is 1.09. The molecular formula is C30H20BrN. The second-order valence-electron chi connectivity index (χ2n) is 7.98. The lowest BCUT2D eigenvalue weighted by molar-refractivity contribution is 1.29. The van der Waals surface area contributed by atoms with Crippen LogP contribution in [-0.4, -0.2) is 0 Å². The van der Waals surface area contributed by atoms with Crippen LogP contribution < -0.4 is 4.90 Å². The third-order valence-electron chi connectivity index (χ3n) is 6.06. The zero-order valence-corrected chi connectivity index (χ0v) is 19.0. The predicted octanol–water partition coefficient (Wildman–Crippen LogP) is 9.23. The van der Waals surface area contributed by atoms with Gasteiger partial charge in [-0.25, -0.2) is 0 Å². The third-order valence-corrected chi connectivity index (χ3v) is 6.56. The summed E-state index contributed by atoms with van der Waals surface area (Å²) in [6.07, 6.45) is 0. The maximum Gasteiger partial charge on any atom is 0.0540 e. The van der Waals surface area contributed by atoms with Crippen LogP contribution in [0.1, 0.15) is 0 Å². The van der Waals surface area contributed by atoms with Crippen LogP contribution in [-0.2, 0) is 0 Å². The molecule has 0 spiro atoms. The molecule has 0 unspecified atom stereocenters. The molecule has 0 saturated heterocycles. The molecular weight excluding hydrogens is 454 g/mol. The molecule has 2 heteroatoms. The van der Waals surface area contributed by atoms with Gasteiger partial charge in [0.25, 0.3) is 0 Å². The smallest absolute Gasteiger partial charge is 0.0540 e. The molecule has 0 radical (unpaired) electrons. The average molecular weight is 474 g/mol. The fourth-order valence-electron chi connectivity index (χ4n) is 4.63. The standard InChI is InChI=1S/C30H20BrN/c31-23-10-8-9-21(19-23)22-17-18-30-28(20-22)26-14-5-4-13-25(26)27-15-6-7-16-29(27)32(30)24-11-2-1-3-12-24/h1-20H. The first-order chi connectivity index (χ1) is 15.8. The number of halogens is 1. The Labute approximate surface area is 196 Å². The Morgan fingerprint density at radius 2 is 1.06 bits per heavy atom. The average Bonchev–Trinajstić information content (AvgIpc) is 2.97. The number of hydrogen-bond acceptors (Lipinski definition) is 1. The number of rotatable bonds is 2. The molecule has 0 atom stereocenters. The van der Waals surface area contributed by atoms with E-state index in [0.717, 1.165) is 10.2 Å². The van der Waals surface area contributed by atoms with E-state index in [9.17, 15) is 0 Å². The fourth-order valence-corrected chi connectivity index (χ4v) is 5.03. The number of hydrogen-bond donors (Lipinski definition) is 0. The van der Waals surface area contributed by atoms with Gasteiger partial charge in [0.15, 0.2) is 0 Å². The van der Waals surface area contributed by atoms with Gasteiger partial charge in [-0.3, -0.25) is 0 Å². The van der Waals surface area contributed by atoms with Gasteiger partial charge in [-0.2, -0.15) is 0 Å². The Bertz CT molecular complexity index is 1440. The number of fused-ring (bicyclic) bond motifs is 5. The highest BCUT2D eigenvalue weighted by Gasteiger charge is 2.25. The Balaban J connectivity index is 1.68. The summed E-state index contributed by atoms with van der Waals surface area (Å²) in [5, 5.41) is 0. The lowest BCUT2D eigenvalue weighted by Gasteiger charge is -2.27. The van der Waals surface area contributed by atoms with Gasteiger partial charge in [0.05, 0.1) is 11.4 Å². The van der Waals surface area contributed by atoms with E-state index in [1.54, 1.807) is 0 Å². The van der Waals surface area contributed by atoms with Gasteiger partial charge in [0, 0.05) is 21.3 Å². The zero-order chi connectivity index (χ0) is 21.5. The van der Waals surface area contributed by atoms with Crippen molar-refractivity contribution >= 4 is 33.0 Å². The molecule has 0 N–H and O–H groups in total. The van der Waals surface area contributed by atoms with Crippen molar-refractivity contribution in [1.29, 1.82) is 0 Å². The highest BCUT2D eigenvalue weighted by atomic mass is 79.9. The first-order valence-corrected chi connectivity index (χ1v) is 11.5. The van der Waals surface area contributed by atoms with E-state index >= 15 is 0 Å². The minimum absolute atomic E-state index is 1.09. The molecule has 5 aromatic rings. The number of anilines is 3. The van der Waals surface area contributed by atoms with E-state index < -0.39 is 0 Å². The van der Waals surface area contributed by atoms with Gasteiger partial charge < -0.3 is 4.90 Å². The quantitative estimate of drug-likeness (QED) is 0.242. The molecule has 0 aromatic heterocycles. The lowest BCUT2D eigenvalue weighted by atomic mass is 9.92. The molecule has 152 valence electrons. The largest absolute Gasteiger partial charge is 0.309 e. The summed E-state index contributed by atoms with van der Waals surface area (Å²) in [6.45, 7) is 0. The van der Waals surface area contributed by atoms with E-state index in [-0.39, 0.29) is 0 Å². The van der Waals surface area contributed by atoms with Crippen molar-refractivity contribution in [1.82, 2.24) is 0 Å². The molecule has 0 bridgehead atoms. The Morgan fingerprint density at radius 3 is 1.84 bits per heavy atom. The van der Waals surface area contributed by atoms with Crippen molar-refractivity contribution in [3.8, 4) is 33.4 Å². The van der Waals surface area contributed by atoms with Crippen molar-refractivity contribution in [2.45, 2.75) is 0 Å². The van der Waals surface area contributed by atoms with Crippen LogP contribution in [0.15, 0.2) is 126 Å². The van der Waals surface area contributed by atoms with E-state index in [1.807, 2.05) is 0 Å². The van der Waals surface area contributed by atoms with E-state index in [2.05, 4.69) is 142 Å². The summed E-state index contributed by atoms with van der Waals surface area (Å²) in [5.74, 6) is 0. The molecule has 0 aliphatic carbocycles. The van der Waals surface area contributed by atoms with Gasteiger partial charge in [-0.1, -0.05) is 94.8 Å². The second kappa shape index (κ2) is 7.81. The summed E-state index contributed by atoms with van der Waals surface area (Å²) in [4.78, 5) is 2.38. The van der Waals surface area contributed by atoms with Gasteiger partial charge in [-0.15, -0.1) is 0 Å². The van der Waals surface area contributed by atoms with Crippen molar-refractivity contribution in [3.05, 3.63) is 126 Å². The van der Waals surface area contributed by atoms with Gasteiger partial charge in [-0.05, 0) is 64.7 Å². The molecule has 5 aromatic carbocycles. The summed E-state index contributed by atoms with van der Waals surface area (Å²) >= 11 is 3.62. The topological polar surface area (TPSA) is 3.24 Å². The number of nitrogens with zero attached hydrogens (tertiary/aromatic N) is 1. The van der Waals surface area contributed by atoms with Crippen molar-refractivity contribution < 1.29 is 0 Å². The van der Waals surface area contributed by atoms with E-state index in [1.165, 1.54) is 44.8 Å². The molecule has 0 fully saturated rings. The molecule has 1 nitrogen and oxygen atoms in total. The lowest BCUT2D eigenvalue weighted by Crippen LogP contribution is -2.10. The van der Waals surface area contributed by atoms with Gasteiger partial charge >= 0.3 is 0 Å². The maximum absolute atomic E-state index is 3.62. The molecule has 6 rings (SSSR count). The van der Waals surface area contributed by atoms with E-state index in [4.69, 9.17) is 0 Å². The minimum atomic E-state index is 1.09. The zero-order valence-electron chi connectivity index (χ0n) is 17.4. The normalized spacial score (nSPS) is 11.8. The molecule has 1 aliphatic rings. The minimum Gasteiger partial charge on any atom is -0.309 e. The van der Waals surface area contributed by atoms with Crippen LogP contribution in [0.3, 0.4) is 0 Å². The van der Waals surface area contributed by atoms with Crippen LogP contribution in [0.5, 0.6) is 0 Å². The highest BCUT2D eigenvalue weighted by molar-refractivity contribution is 9.10. The van der Waals surface area contributed by atoms with Crippen LogP contribution in [0.4, 0.5) is 17.1 Å². The molecule has 0 saturated carbocycles. The van der Waals surface area contributed by atoms with Crippen molar-refractivity contribution in [3.63, 3.8) is 0 Å². The number of benzene rings is 5. The predicted molar refractivity (Wildman–Crippen MR) is 139 cm³/mol. The first-order valence-electron chi connectivity index (χ1n) is 10.7. The summed E-state index contributed by atoms with van der Waals surface area (Å²) in [6, 6.07) is 43.4. The van der Waals surface area contributed by atoms with E-state index in [0.29, 0.717) is 0 Å². The van der Waals surface area contributed by atoms with Crippen LogP contribution in [0.25, 0.3) is 33.4 Å². The first kappa shape index (κ1) is 19.1. The highest BCUT2D eigenvalue weighted by Crippen LogP contribution is 2.51. The van der Waals surface area contributed by atoms with Gasteiger partial charge in [0.2, 0.25) is 0 Å². The Kier molecular flexibility index (Phi) is 4.66.